The number of carbonyl (C=O) groups excluding carboxylic acids is 1. The van der Waals surface area contributed by atoms with E-state index in [1.165, 1.54) is 13.2 Å². The third-order valence-corrected chi connectivity index (χ3v) is 4.04. The molecule has 0 bridgehead atoms. The van der Waals surface area contributed by atoms with Gasteiger partial charge in [-0.3, -0.25) is 0 Å². The normalized spacial score (nSPS) is 11.2. The molecule has 2 aromatic carbocycles. The van der Waals surface area contributed by atoms with E-state index in [2.05, 4.69) is 14.9 Å². The lowest BCUT2D eigenvalue weighted by Gasteiger charge is -2.11. The van der Waals surface area contributed by atoms with Crippen molar-refractivity contribution in [3.8, 4) is 28.6 Å². The lowest BCUT2D eigenvalue weighted by atomic mass is 10.1. The van der Waals surface area contributed by atoms with Crippen molar-refractivity contribution in [2.24, 2.45) is 0 Å². The number of halogens is 1. The summed E-state index contributed by atoms with van der Waals surface area (Å²) < 4.78 is 15.6. The first kappa shape index (κ1) is 19.6. The molecule has 0 fully saturated rings. The molecule has 1 heterocycles. The van der Waals surface area contributed by atoms with Gasteiger partial charge < -0.3 is 14.0 Å². The van der Waals surface area contributed by atoms with Crippen molar-refractivity contribution in [3.63, 3.8) is 0 Å². The summed E-state index contributed by atoms with van der Waals surface area (Å²) in [4.78, 5) is 15.6. The van der Waals surface area contributed by atoms with Crippen molar-refractivity contribution in [1.29, 1.82) is 0 Å². The van der Waals surface area contributed by atoms with Crippen molar-refractivity contribution >= 4 is 23.6 Å². The summed E-state index contributed by atoms with van der Waals surface area (Å²) in [6.07, 6.45) is 3.05. The number of hydrogen-bond acceptors (Lipinski definition) is 6. The number of rotatable bonds is 6. The van der Waals surface area contributed by atoms with E-state index in [9.17, 15) is 4.79 Å². The molecule has 0 aliphatic heterocycles. The van der Waals surface area contributed by atoms with Crippen LogP contribution in [0, 0.1) is 0 Å². The summed E-state index contributed by atoms with van der Waals surface area (Å²) in [5.41, 5.74) is 2.34. The van der Waals surface area contributed by atoms with Gasteiger partial charge in [-0.05, 0) is 55.8 Å². The standard InChI is InChI=1S/C21H19ClN2O4/c1-13(2)27-18-10-9-16(12-17(18)22)20-23-21(28-24-20)15-7-4-14(5-8-15)6-11-19(25)26-3/h4-13H,1-3H3/b11-6+. The molecule has 6 nitrogen and oxygen atoms in total. The van der Waals surface area contributed by atoms with Gasteiger partial charge in [-0.15, -0.1) is 0 Å². The van der Waals surface area contributed by atoms with Gasteiger partial charge in [-0.2, -0.15) is 4.98 Å². The van der Waals surface area contributed by atoms with Gasteiger partial charge in [0.2, 0.25) is 5.82 Å². The SMILES string of the molecule is COC(=O)/C=C/c1ccc(-c2nc(-c3ccc(OC(C)C)c(Cl)c3)no2)cc1. The lowest BCUT2D eigenvalue weighted by Crippen LogP contribution is -2.05. The quantitative estimate of drug-likeness (QED) is 0.428. The predicted octanol–water partition coefficient (Wildman–Crippen LogP) is 5.03. The second-order valence-electron chi connectivity index (χ2n) is 6.21. The van der Waals surface area contributed by atoms with E-state index in [0.29, 0.717) is 22.5 Å². The van der Waals surface area contributed by atoms with E-state index in [-0.39, 0.29) is 6.10 Å². The van der Waals surface area contributed by atoms with E-state index >= 15 is 0 Å². The van der Waals surface area contributed by atoms with Crippen molar-refractivity contribution < 1.29 is 18.8 Å². The van der Waals surface area contributed by atoms with Crippen LogP contribution < -0.4 is 4.74 Å². The topological polar surface area (TPSA) is 74.5 Å². The molecule has 0 spiro atoms. The number of benzene rings is 2. The van der Waals surface area contributed by atoms with E-state index in [1.54, 1.807) is 18.2 Å². The first-order valence-corrected chi connectivity index (χ1v) is 9.01. The minimum Gasteiger partial charge on any atom is -0.489 e. The number of esters is 1. The molecule has 0 radical (unpaired) electrons. The summed E-state index contributed by atoms with van der Waals surface area (Å²) in [6, 6.07) is 12.7. The van der Waals surface area contributed by atoms with Crippen LogP contribution >= 0.6 is 11.6 Å². The maximum atomic E-state index is 11.1. The number of carbonyl (C=O) groups is 1. The van der Waals surface area contributed by atoms with Crippen molar-refractivity contribution in [2.75, 3.05) is 7.11 Å². The van der Waals surface area contributed by atoms with Crippen molar-refractivity contribution in [3.05, 3.63) is 59.1 Å². The Hall–Kier alpha value is -3.12. The molecule has 0 aliphatic rings. The fourth-order valence-corrected chi connectivity index (χ4v) is 2.64. The van der Waals surface area contributed by atoms with Crippen molar-refractivity contribution in [1.82, 2.24) is 10.1 Å². The van der Waals surface area contributed by atoms with Gasteiger partial charge in [0.1, 0.15) is 5.75 Å². The molecule has 0 saturated heterocycles. The Morgan fingerprint density at radius 2 is 1.86 bits per heavy atom. The van der Waals surface area contributed by atoms with Gasteiger partial charge in [0, 0.05) is 17.2 Å². The summed E-state index contributed by atoms with van der Waals surface area (Å²) in [5.74, 6) is 1.02. The van der Waals surface area contributed by atoms with Crippen LogP contribution in [0.3, 0.4) is 0 Å². The molecule has 3 rings (SSSR count). The van der Waals surface area contributed by atoms with Crippen LogP contribution in [-0.4, -0.2) is 29.3 Å². The highest BCUT2D eigenvalue weighted by atomic mass is 35.5. The van der Waals surface area contributed by atoms with Gasteiger partial charge in [-0.25, -0.2) is 4.79 Å². The van der Waals surface area contributed by atoms with Crippen LogP contribution in [0.5, 0.6) is 5.75 Å². The van der Waals surface area contributed by atoms with Crippen LogP contribution in [0.25, 0.3) is 28.9 Å². The molecule has 144 valence electrons. The zero-order chi connectivity index (χ0) is 20.1. The molecule has 0 N–H and O–H groups in total. The second-order valence-corrected chi connectivity index (χ2v) is 6.62. The van der Waals surface area contributed by atoms with Crippen LogP contribution in [0.4, 0.5) is 0 Å². The Balaban J connectivity index is 1.78. The number of aromatic nitrogens is 2. The number of ether oxygens (including phenoxy) is 2. The van der Waals surface area contributed by atoms with Gasteiger partial charge in [0.25, 0.3) is 5.89 Å². The lowest BCUT2D eigenvalue weighted by molar-refractivity contribution is -0.134. The summed E-state index contributed by atoms with van der Waals surface area (Å²) >= 11 is 6.28. The molecule has 0 unspecified atom stereocenters. The largest absolute Gasteiger partial charge is 0.489 e. The molecule has 0 amide bonds. The maximum Gasteiger partial charge on any atom is 0.330 e. The fraction of sp³-hybridized carbons (Fsp3) is 0.190. The number of hydrogen-bond donors (Lipinski definition) is 0. The monoisotopic (exact) mass is 398 g/mol. The highest BCUT2D eigenvalue weighted by molar-refractivity contribution is 6.32. The fourth-order valence-electron chi connectivity index (χ4n) is 2.42. The van der Waals surface area contributed by atoms with Crippen LogP contribution in [0.15, 0.2) is 53.1 Å². The number of nitrogens with zero attached hydrogens (tertiary/aromatic N) is 2. The van der Waals surface area contributed by atoms with Crippen molar-refractivity contribution in [2.45, 2.75) is 20.0 Å². The van der Waals surface area contributed by atoms with Crippen LogP contribution in [0.1, 0.15) is 19.4 Å². The summed E-state index contributed by atoms with van der Waals surface area (Å²) in [5, 5.41) is 4.51. The third kappa shape index (κ3) is 4.78. The smallest absolute Gasteiger partial charge is 0.330 e. The summed E-state index contributed by atoms with van der Waals surface area (Å²) in [6.45, 7) is 3.87. The van der Waals surface area contributed by atoms with E-state index in [0.717, 1.165) is 16.7 Å². The van der Waals surface area contributed by atoms with Crippen LogP contribution in [0.2, 0.25) is 5.02 Å². The molecular formula is C21H19ClN2O4. The Labute approximate surface area is 167 Å². The summed E-state index contributed by atoms with van der Waals surface area (Å²) in [7, 11) is 1.33. The molecule has 0 aliphatic carbocycles. The van der Waals surface area contributed by atoms with Gasteiger partial charge in [0.15, 0.2) is 0 Å². The Kier molecular flexibility index (Phi) is 6.11. The van der Waals surface area contributed by atoms with Gasteiger partial charge in [-0.1, -0.05) is 28.9 Å². The molecule has 1 aromatic heterocycles. The van der Waals surface area contributed by atoms with E-state index in [4.69, 9.17) is 20.9 Å². The molecule has 0 atom stereocenters. The predicted molar refractivity (Wildman–Crippen MR) is 107 cm³/mol. The zero-order valence-electron chi connectivity index (χ0n) is 15.7. The number of methoxy groups -OCH3 is 1. The highest BCUT2D eigenvalue weighted by Crippen LogP contribution is 2.31. The molecule has 7 heteroatoms. The first-order valence-electron chi connectivity index (χ1n) is 8.63. The Bertz CT molecular complexity index is 994. The average Bonchev–Trinajstić information content (AvgIpc) is 3.18. The van der Waals surface area contributed by atoms with Gasteiger partial charge >= 0.3 is 5.97 Å². The average molecular weight is 399 g/mol. The second kappa shape index (κ2) is 8.71. The molecule has 0 saturated carbocycles. The van der Waals surface area contributed by atoms with Gasteiger partial charge in [0.05, 0.1) is 18.2 Å². The molecule has 28 heavy (non-hydrogen) atoms. The molecular weight excluding hydrogens is 380 g/mol. The molecule has 3 aromatic rings. The van der Waals surface area contributed by atoms with E-state index < -0.39 is 5.97 Å². The highest BCUT2D eigenvalue weighted by Gasteiger charge is 2.13. The van der Waals surface area contributed by atoms with Crippen LogP contribution in [-0.2, 0) is 9.53 Å². The minimum atomic E-state index is -0.408. The third-order valence-electron chi connectivity index (χ3n) is 3.75. The van der Waals surface area contributed by atoms with E-state index in [1.807, 2.05) is 44.2 Å². The minimum absolute atomic E-state index is 0.0329. The Morgan fingerprint density at radius 3 is 2.50 bits per heavy atom. The Morgan fingerprint density at radius 1 is 1.14 bits per heavy atom. The maximum absolute atomic E-state index is 11.1. The first-order chi connectivity index (χ1) is 13.5. The zero-order valence-corrected chi connectivity index (χ0v) is 16.4.